The minimum absolute atomic E-state index is 0.239. The average Bonchev–Trinajstić information content (AvgIpc) is 2.47. The van der Waals surface area contributed by atoms with Gasteiger partial charge < -0.3 is 14.5 Å². The lowest BCUT2D eigenvalue weighted by Crippen LogP contribution is -2.54. The Morgan fingerprint density at radius 2 is 1.83 bits per heavy atom. The SMILES string of the molecule is C=COCCCCCCCCN(C)C(=O)C1CN(CC(C)C)C1. The Labute approximate surface area is 142 Å². The maximum absolute atomic E-state index is 12.3. The summed E-state index contributed by atoms with van der Waals surface area (Å²) in [7, 11) is 1.96. The Bertz CT molecular complexity index is 338. The minimum atomic E-state index is 0.239. The molecule has 4 heteroatoms. The largest absolute Gasteiger partial charge is 0.502 e. The summed E-state index contributed by atoms with van der Waals surface area (Å²) in [5.41, 5.74) is 0. The molecule has 0 unspecified atom stereocenters. The van der Waals surface area contributed by atoms with Crippen LogP contribution < -0.4 is 0 Å². The zero-order chi connectivity index (χ0) is 17.1. The number of hydrogen-bond donors (Lipinski definition) is 0. The topological polar surface area (TPSA) is 32.8 Å². The quantitative estimate of drug-likeness (QED) is 0.384. The zero-order valence-electron chi connectivity index (χ0n) is 15.4. The van der Waals surface area contributed by atoms with Gasteiger partial charge in [0.15, 0.2) is 0 Å². The molecule has 0 spiro atoms. The third-order valence-electron chi connectivity index (χ3n) is 4.43. The van der Waals surface area contributed by atoms with Crippen LogP contribution in [0.1, 0.15) is 52.4 Å². The number of hydrogen-bond acceptors (Lipinski definition) is 3. The first-order valence-corrected chi connectivity index (χ1v) is 9.24. The van der Waals surface area contributed by atoms with Crippen LogP contribution in [0.4, 0.5) is 0 Å². The first-order chi connectivity index (χ1) is 11.0. The average molecular weight is 325 g/mol. The molecule has 1 aliphatic rings. The number of carbonyl (C=O) groups is 1. The van der Waals surface area contributed by atoms with E-state index in [1.54, 1.807) is 0 Å². The van der Waals surface area contributed by atoms with Crippen molar-refractivity contribution in [3.63, 3.8) is 0 Å². The molecule has 4 nitrogen and oxygen atoms in total. The maximum Gasteiger partial charge on any atom is 0.228 e. The molecule has 23 heavy (non-hydrogen) atoms. The van der Waals surface area contributed by atoms with E-state index >= 15 is 0 Å². The van der Waals surface area contributed by atoms with Gasteiger partial charge in [-0.05, 0) is 18.8 Å². The van der Waals surface area contributed by atoms with E-state index in [0.29, 0.717) is 11.8 Å². The Morgan fingerprint density at radius 3 is 2.43 bits per heavy atom. The molecular weight excluding hydrogens is 288 g/mol. The van der Waals surface area contributed by atoms with E-state index in [4.69, 9.17) is 4.74 Å². The van der Waals surface area contributed by atoms with Gasteiger partial charge in [0.25, 0.3) is 0 Å². The van der Waals surface area contributed by atoms with Gasteiger partial charge in [-0.2, -0.15) is 0 Å². The van der Waals surface area contributed by atoms with Crippen molar-refractivity contribution in [3.05, 3.63) is 12.8 Å². The first kappa shape index (κ1) is 20.0. The molecule has 1 saturated heterocycles. The van der Waals surface area contributed by atoms with Crippen LogP contribution >= 0.6 is 0 Å². The number of ether oxygens (including phenoxy) is 1. The van der Waals surface area contributed by atoms with Crippen molar-refractivity contribution in [3.8, 4) is 0 Å². The van der Waals surface area contributed by atoms with Gasteiger partial charge in [0.1, 0.15) is 0 Å². The monoisotopic (exact) mass is 324 g/mol. The van der Waals surface area contributed by atoms with Crippen molar-refractivity contribution in [2.24, 2.45) is 11.8 Å². The Kier molecular flexibility index (Phi) is 10.0. The van der Waals surface area contributed by atoms with Crippen LogP contribution in [-0.4, -0.2) is 55.5 Å². The van der Waals surface area contributed by atoms with Gasteiger partial charge in [0.2, 0.25) is 5.91 Å². The van der Waals surface area contributed by atoms with Crippen molar-refractivity contribution in [1.29, 1.82) is 0 Å². The fourth-order valence-electron chi connectivity index (χ4n) is 3.14. The Hall–Kier alpha value is -1.03. The highest BCUT2D eigenvalue weighted by Gasteiger charge is 2.34. The normalized spacial score (nSPS) is 15.5. The molecule has 1 heterocycles. The first-order valence-electron chi connectivity index (χ1n) is 9.24. The lowest BCUT2D eigenvalue weighted by atomic mass is 9.97. The fourth-order valence-corrected chi connectivity index (χ4v) is 3.14. The van der Waals surface area contributed by atoms with E-state index in [1.807, 2.05) is 11.9 Å². The summed E-state index contributed by atoms with van der Waals surface area (Å²) in [6.45, 7) is 12.7. The lowest BCUT2D eigenvalue weighted by molar-refractivity contribution is -0.140. The number of carbonyl (C=O) groups excluding carboxylic acids is 1. The fraction of sp³-hybridized carbons (Fsp3) is 0.842. The third kappa shape index (κ3) is 8.40. The van der Waals surface area contributed by atoms with Gasteiger partial charge in [-0.3, -0.25) is 4.79 Å². The summed E-state index contributed by atoms with van der Waals surface area (Å²) >= 11 is 0. The Balaban J connectivity index is 1.96. The van der Waals surface area contributed by atoms with E-state index in [-0.39, 0.29) is 5.92 Å². The predicted molar refractivity (Wildman–Crippen MR) is 96.3 cm³/mol. The molecule has 1 amide bonds. The van der Waals surface area contributed by atoms with E-state index in [1.165, 1.54) is 31.9 Å². The second-order valence-electron chi connectivity index (χ2n) is 7.23. The molecule has 0 radical (unpaired) electrons. The summed E-state index contributed by atoms with van der Waals surface area (Å²) in [5.74, 6) is 1.27. The van der Waals surface area contributed by atoms with E-state index in [0.717, 1.165) is 45.6 Å². The van der Waals surface area contributed by atoms with Crippen LogP contribution in [-0.2, 0) is 9.53 Å². The highest BCUT2D eigenvalue weighted by Crippen LogP contribution is 2.19. The zero-order valence-corrected chi connectivity index (χ0v) is 15.4. The summed E-state index contributed by atoms with van der Waals surface area (Å²) in [6, 6.07) is 0. The van der Waals surface area contributed by atoms with Crippen molar-refractivity contribution in [2.75, 3.05) is 39.8 Å². The molecule has 0 aromatic carbocycles. The van der Waals surface area contributed by atoms with Crippen molar-refractivity contribution >= 4 is 5.91 Å². The molecule has 1 fully saturated rings. The van der Waals surface area contributed by atoms with Crippen LogP contribution in [0.25, 0.3) is 0 Å². The van der Waals surface area contributed by atoms with Crippen molar-refractivity contribution in [1.82, 2.24) is 9.80 Å². The second-order valence-corrected chi connectivity index (χ2v) is 7.23. The lowest BCUT2D eigenvalue weighted by Gasteiger charge is -2.40. The van der Waals surface area contributed by atoms with Crippen LogP contribution in [0.5, 0.6) is 0 Å². The van der Waals surface area contributed by atoms with Gasteiger partial charge in [-0.25, -0.2) is 0 Å². The second kappa shape index (κ2) is 11.5. The Morgan fingerprint density at radius 1 is 1.22 bits per heavy atom. The molecule has 134 valence electrons. The third-order valence-corrected chi connectivity index (χ3v) is 4.43. The van der Waals surface area contributed by atoms with Gasteiger partial charge in [-0.15, -0.1) is 0 Å². The van der Waals surface area contributed by atoms with E-state index in [9.17, 15) is 4.79 Å². The van der Waals surface area contributed by atoms with Gasteiger partial charge in [0, 0.05) is 33.2 Å². The van der Waals surface area contributed by atoms with Crippen LogP contribution in [0.15, 0.2) is 12.8 Å². The molecule has 0 N–H and O–H groups in total. The van der Waals surface area contributed by atoms with Crippen LogP contribution in [0, 0.1) is 11.8 Å². The molecule has 0 bridgehead atoms. The standard InChI is InChI=1S/C19H36N2O2/c1-5-23-13-11-9-7-6-8-10-12-20(4)19(22)18-15-21(16-18)14-17(2)3/h5,17-18H,1,6-16H2,2-4H3. The number of nitrogens with zero attached hydrogens (tertiary/aromatic N) is 2. The highest BCUT2D eigenvalue weighted by molar-refractivity contribution is 5.79. The summed E-state index contributed by atoms with van der Waals surface area (Å²) in [6.07, 6.45) is 8.68. The van der Waals surface area contributed by atoms with Crippen molar-refractivity contribution < 1.29 is 9.53 Å². The summed E-state index contributed by atoms with van der Waals surface area (Å²) in [5, 5.41) is 0. The van der Waals surface area contributed by atoms with Crippen LogP contribution in [0.3, 0.4) is 0 Å². The molecule has 1 aliphatic heterocycles. The highest BCUT2D eigenvalue weighted by atomic mass is 16.5. The molecule has 0 aliphatic carbocycles. The maximum atomic E-state index is 12.3. The molecule has 0 atom stereocenters. The molecule has 1 rings (SSSR count). The number of amides is 1. The molecular formula is C19H36N2O2. The molecule has 0 aromatic heterocycles. The van der Waals surface area contributed by atoms with Crippen LogP contribution in [0.2, 0.25) is 0 Å². The predicted octanol–water partition coefficient (Wildman–Crippen LogP) is 3.53. The van der Waals surface area contributed by atoms with Gasteiger partial charge >= 0.3 is 0 Å². The minimum Gasteiger partial charge on any atom is -0.502 e. The number of rotatable bonds is 13. The summed E-state index contributed by atoms with van der Waals surface area (Å²) in [4.78, 5) is 16.6. The smallest absolute Gasteiger partial charge is 0.228 e. The summed E-state index contributed by atoms with van der Waals surface area (Å²) < 4.78 is 5.10. The van der Waals surface area contributed by atoms with E-state index in [2.05, 4.69) is 25.3 Å². The molecule has 0 saturated carbocycles. The van der Waals surface area contributed by atoms with E-state index < -0.39 is 0 Å². The van der Waals surface area contributed by atoms with Gasteiger partial charge in [0.05, 0.1) is 18.8 Å². The van der Waals surface area contributed by atoms with Crippen molar-refractivity contribution in [2.45, 2.75) is 52.4 Å². The van der Waals surface area contributed by atoms with Gasteiger partial charge in [-0.1, -0.05) is 46.1 Å². The molecule has 0 aromatic rings. The number of likely N-dealkylation sites (tertiary alicyclic amines) is 1. The number of unbranched alkanes of at least 4 members (excludes halogenated alkanes) is 5.